The van der Waals surface area contributed by atoms with Gasteiger partial charge in [0.05, 0.1) is 13.2 Å². The predicted octanol–water partition coefficient (Wildman–Crippen LogP) is -2.50. The summed E-state index contributed by atoms with van der Waals surface area (Å²) < 4.78 is 25.3. The SMILES string of the molecule is C(OCC12OC1O2)C12OC1O2.OCC(O)CO. The van der Waals surface area contributed by atoms with Gasteiger partial charge < -0.3 is 39.0 Å². The van der Waals surface area contributed by atoms with Gasteiger partial charge in [0.15, 0.2) is 0 Å². The molecule has 0 saturated carbocycles. The van der Waals surface area contributed by atoms with Gasteiger partial charge in [0.1, 0.15) is 19.3 Å². The Morgan fingerprint density at radius 3 is 1.47 bits per heavy atom. The summed E-state index contributed by atoms with van der Waals surface area (Å²) in [4.78, 5) is 0. The molecule has 0 amide bonds. The van der Waals surface area contributed by atoms with Crippen LogP contribution in [0.3, 0.4) is 0 Å². The minimum Gasteiger partial charge on any atom is -0.394 e. The maximum absolute atomic E-state index is 8.17. The molecule has 4 rings (SSSR count). The van der Waals surface area contributed by atoms with Crippen molar-refractivity contribution >= 4 is 0 Å². The minimum absolute atomic E-state index is 0.0241. The highest BCUT2D eigenvalue weighted by atomic mass is 17.0. The molecular weight excluding hydrogens is 236 g/mol. The Morgan fingerprint density at radius 2 is 1.29 bits per heavy atom. The summed E-state index contributed by atoms with van der Waals surface area (Å²) in [7, 11) is 0. The molecule has 4 fully saturated rings. The largest absolute Gasteiger partial charge is 0.394 e. The Kier molecular flexibility index (Phi) is 2.65. The van der Waals surface area contributed by atoms with E-state index >= 15 is 0 Å². The van der Waals surface area contributed by atoms with Gasteiger partial charge in [-0.3, -0.25) is 0 Å². The van der Waals surface area contributed by atoms with Crippen molar-refractivity contribution in [3.8, 4) is 0 Å². The van der Waals surface area contributed by atoms with E-state index in [1.807, 2.05) is 0 Å². The van der Waals surface area contributed by atoms with E-state index in [0.717, 1.165) is 0 Å². The molecule has 0 aliphatic carbocycles. The van der Waals surface area contributed by atoms with Gasteiger partial charge in [-0.2, -0.15) is 0 Å². The fourth-order valence-corrected chi connectivity index (χ4v) is 1.27. The number of hydrogen-bond donors (Lipinski definition) is 3. The summed E-state index contributed by atoms with van der Waals surface area (Å²) in [5, 5.41) is 24.0. The molecule has 4 saturated heterocycles. The topological polar surface area (TPSA) is 120 Å². The lowest BCUT2D eigenvalue weighted by Gasteiger charge is -2.02. The van der Waals surface area contributed by atoms with E-state index in [4.69, 9.17) is 39.0 Å². The van der Waals surface area contributed by atoms with Crippen molar-refractivity contribution in [1.82, 2.24) is 0 Å². The molecule has 0 aromatic carbocycles. The first kappa shape index (κ1) is 11.8. The molecule has 4 heterocycles. The Bertz CT molecular complexity index is 267. The molecule has 0 aromatic rings. The quantitative estimate of drug-likeness (QED) is 0.442. The number of aliphatic hydroxyl groups excluding tert-OH is 3. The van der Waals surface area contributed by atoms with Crippen LogP contribution in [0.4, 0.5) is 0 Å². The second kappa shape index (κ2) is 3.84. The summed E-state index contributed by atoms with van der Waals surface area (Å²) in [6.45, 7) is 0.269. The predicted molar refractivity (Wildman–Crippen MR) is 48.4 cm³/mol. The van der Waals surface area contributed by atoms with Crippen LogP contribution in [0.5, 0.6) is 0 Å². The van der Waals surface area contributed by atoms with Crippen molar-refractivity contribution < 1.29 is 39.0 Å². The number of epoxide rings is 4. The van der Waals surface area contributed by atoms with E-state index in [1.165, 1.54) is 0 Å². The zero-order chi connectivity index (χ0) is 12.1. The summed E-state index contributed by atoms with van der Waals surface area (Å²) in [5.41, 5.74) is 0. The highest BCUT2D eigenvalue weighted by Crippen LogP contribution is 2.58. The molecule has 17 heavy (non-hydrogen) atoms. The van der Waals surface area contributed by atoms with Gasteiger partial charge >= 0.3 is 0 Å². The van der Waals surface area contributed by atoms with Crippen molar-refractivity contribution in [1.29, 1.82) is 0 Å². The van der Waals surface area contributed by atoms with Gasteiger partial charge in [-0.1, -0.05) is 0 Å². The normalized spacial score (nSPS) is 46.6. The van der Waals surface area contributed by atoms with E-state index < -0.39 is 6.10 Å². The second-order valence-corrected chi connectivity index (χ2v) is 4.27. The Balaban J connectivity index is 0.000000132. The van der Waals surface area contributed by atoms with Crippen LogP contribution in [-0.4, -0.2) is 72.0 Å². The molecule has 0 atom stereocenters. The third kappa shape index (κ3) is 2.30. The molecule has 8 heteroatoms. The van der Waals surface area contributed by atoms with Crippen LogP contribution in [0, 0.1) is 0 Å². The van der Waals surface area contributed by atoms with E-state index in [9.17, 15) is 0 Å². The highest BCUT2D eigenvalue weighted by Gasteiger charge is 2.80. The van der Waals surface area contributed by atoms with Gasteiger partial charge in [-0.25, -0.2) is 0 Å². The molecule has 4 aliphatic heterocycles. The van der Waals surface area contributed by atoms with Gasteiger partial charge in [-0.15, -0.1) is 0 Å². The van der Waals surface area contributed by atoms with E-state index in [1.54, 1.807) is 0 Å². The Morgan fingerprint density at radius 1 is 0.941 bits per heavy atom. The lowest BCUT2D eigenvalue weighted by atomic mass is 10.4. The molecule has 98 valence electrons. The van der Waals surface area contributed by atoms with Gasteiger partial charge in [0.2, 0.25) is 24.2 Å². The maximum Gasteiger partial charge on any atom is 0.249 e. The number of fused-ring (bicyclic) bond motifs is 2. The number of aliphatic hydroxyl groups is 3. The molecular formula is C9H14O8. The van der Waals surface area contributed by atoms with Crippen molar-refractivity contribution in [3.05, 3.63) is 0 Å². The number of ether oxygens (including phenoxy) is 5. The summed E-state index contributed by atoms with van der Waals surface area (Å²) in [6, 6.07) is 0. The maximum atomic E-state index is 8.17. The molecule has 3 N–H and O–H groups in total. The summed E-state index contributed by atoms with van der Waals surface area (Å²) >= 11 is 0. The first-order chi connectivity index (χ1) is 8.14. The average molecular weight is 250 g/mol. The van der Waals surface area contributed by atoms with E-state index in [0.29, 0.717) is 13.2 Å². The van der Waals surface area contributed by atoms with Crippen LogP contribution in [-0.2, 0) is 23.7 Å². The first-order valence-corrected chi connectivity index (χ1v) is 5.33. The fourth-order valence-electron chi connectivity index (χ4n) is 1.27. The minimum atomic E-state index is -0.954. The summed E-state index contributed by atoms with van der Waals surface area (Å²) in [6.07, 6.45) is -0.905. The average Bonchev–Trinajstić information content (AvgIpc) is 3.05. The molecule has 0 aromatic heterocycles. The molecule has 0 unspecified atom stereocenters. The van der Waals surface area contributed by atoms with E-state index in [-0.39, 0.29) is 37.4 Å². The van der Waals surface area contributed by atoms with Crippen LogP contribution in [0.2, 0.25) is 0 Å². The van der Waals surface area contributed by atoms with Crippen molar-refractivity contribution in [2.24, 2.45) is 0 Å². The Hall–Kier alpha value is -0.320. The van der Waals surface area contributed by atoms with Gasteiger partial charge in [0, 0.05) is 0 Å². The molecule has 4 aliphatic rings. The Labute approximate surface area is 96.6 Å². The van der Waals surface area contributed by atoms with Crippen molar-refractivity contribution in [2.75, 3.05) is 26.4 Å². The summed E-state index contributed by atoms with van der Waals surface area (Å²) in [5.74, 6) is -0.703. The van der Waals surface area contributed by atoms with E-state index in [2.05, 4.69) is 0 Å². The van der Waals surface area contributed by atoms with Gasteiger partial charge in [0.25, 0.3) is 0 Å². The zero-order valence-electron chi connectivity index (χ0n) is 8.94. The smallest absolute Gasteiger partial charge is 0.249 e. The van der Waals surface area contributed by atoms with Crippen LogP contribution in [0.15, 0.2) is 0 Å². The molecule has 8 nitrogen and oxygen atoms in total. The lowest BCUT2D eigenvalue weighted by molar-refractivity contribution is -0.119. The van der Waals surface area contributed by atoms with Gasteiger partial charge in [-0.05, 0) is 0 Å². The lowest BCUT2D eigenvalue weighted by Crippen LogP contribution is -2.16. The third-order valence-corrected chi connectivity index (χ3v) is 2.74. The third-order valence-electron chi connectivity index (χ3n) is 2.74. The van der Waals surface area contributed by atoms with Crippen LogP contribution in [0.25, 0.3) is 0 Å². The monoisotopic (exact) mass is 250 g/mol. The van der Waals surface area contributed by atoms with Crippen LogP contribution in [0.1, 0.15) is 0 Å². The van der Waals surface area contributed by atoms with Crippen molar-refractivity contribution in [2.45, 2.75) is 30.3 Å². The molecule has 0 radical (unpaired) electrons. The van der Waals surface area contributed by atoms with Crippen LogP contribution < -0.4 is 0 Å². The standard InChI is InChI=1S/C6H6O5.C3H8O3/c1(5-3(8-5)9-5)7-2-6-4(10-6)11-6;4-1-3(6)2-5/h3-4H,1-2H2;3-6H,1-2H2. The van der Waals surface area contributed by atoms with Crippen LogP contribution >= 0.6 is 0 Å². The zero-order valence-corrected chi connectivity index (χ0v) is 8.94. The molecule has 0 spiro atoms. The number of rotatable bonds is 6. The highest BCUT2D eigenvalue weighted by molar-refractivity contribution is 5.05. The number of hydrogen-bond acceptors (Lipinski definition) is 8. The first-order valence-electron chi connectivity index (χ1n) is 5.33. The van der Waals surface area contributed by atoms with Crippen molar-refractivity contribution in [3.63, 3.8) is 0 Å². The molecule has 0 bridgehead atoms. The fraction of sp³-hybridized carbons (Fsp3) is 1.00. The second-order valence-electron chi connectivity index (χ2n) is 4.27.